The molecule has 60 valence electrons. The summed E-state index contributed by atoms with van der Waals surface area (Å²) in [6, 6.07) is 0. The molecular formula is C11H16. The summed E-state index contributed by atoms with van der Waals surface area (Å²) in [7, 11) is 0. The van der Waals surface area contributed by atoms with Crippen molar-refractivity contribution in [1.82, 2.24) is 0 Å². The average molecular weight is 148 g/mol. The summed E-state index contributed by atoms with van der Waals surface area (Å²) in [5.74, 6) is 0.611. The molecule has 1 aliphatic carbocycles. The fourth-order valence-electron chi connectivity index (χ4n) is 1.50. The lowest BCUT2D eigenvalue weighted by molar-refractivity contribution is 0.704. The smallest absolute Gasteiger partial charge is 0.00254 e. The van der Waals surface area contributed by atoms with Crippen LogP contribution in [-0.4, -0.2) is 0 Å². The Morgan fingerprint density at radius 3 is 2.91 bits per heavy atom. The Morgan fingerprint density at radius 1 is 1.64 bits per heavy atom. The van der Waals surface area contributed by atoms with Crippen LogP contribution < -0.4 is 0 Å². The van der Waals surface area contributed by atoms with Gasteiger partial charge in [-0.25, -0.2) is 0 Å². The van der Waals surface area contributed by atoms with E-state index in [0.717, 1.165) is 12.8 Å². The van der Waals surface area contributed by atoms with Gasteiger partial charge in [-0.1, -0.05) is 36.8 Å². The first-order valence-corrected chi connectivity index (χ1v) is 4.35. The van der Waals surface area contributed by atoms with Gasteiger partial charge in [0.15, 0.2) is 0 Å². The molecule has 0 bridgehead atoms. The van der Waals surface area contributed by atoms with Crippen molar-refractivity contribution in [3.05, 3.63) is 36.5 Å². The van der Waals surface area contributed by atoms with E-state index in [-0.39, 0.29) is 0 Å². The molecule has 0 heterocycles. The van der Waals surface area contributed by atoms with Crippen LogP contribution in [0.2, 0.25) is 0 Å². The van der Waals surface area contributed by atoms with E-state index in [4.69, 9.17) is 0 Å². The second-order valence-electron chi connectivity index (χ2n) is 2.94. The van der Waals surface area contributed by atoms with Crippen LogP contribution in [0, 0.1) is 5.92 Å². The van der Waals surface area contributed by atoms with Crippen LogP contribution in [0.1, 0.15) is 26.2 Å². The lowest BCUT2D eigenvalue weighted by Crippen LogP contribution is -2.00. The predicted octanol–water partition coefficient (Wildman–Crippen LogP) is 3.48. The van der Waals surface area contributed by atoms with Gasteiger partial charge in [0, 0.05) is 0 Å². The van der Waals surface area contributed by atoms with Gasteiger partial charge in [0.25, 0.3) is 0 Å². The molecule has 0 radical (unpaired) electrons. The van der Waals surface area contributed by atoms with Gasteiger partial charge in [-0.3, -0.25) is 0 Å². The Balaban J connectivity index is 2.57. The number of hydrogen-bond acceptors (Lipinski definition) is 0. The lowest BCUT2D eigenvalue weighted by Gasteiger charge is -2.15. The SMILES string of the molecule is C=CC(CC)C1=CCC=CC1. The quantitative estimate of drug-likeness (QED) is 0.537. The highest BCUT2D eigenvalue weighted by Gasteiger charge is 2.07. The Hall–Kier alpha value is -0.780. The van der Waals surface area contributed by atoms with Crippen LogP contribution in [0.25, 0.3) is 0 Å². The highest BCUT2D eigenvalue weighted by atomic mass is 14.1. The maximum Gasteiger partial charge on any atom is -0.00254 e. The largest absolute Gasteiger partial charge is 0.102 e. The predicted molar refractivity (Wildman–Crippen MR) is 50.4 cm³/mol. The third-order valence-corrected chi connectivity index (χ3v) is 2.24. The number of allylic oxidation sites excluding steroid dienone is 5. The maximum absolute atomic E-state index is 3.84. The van der Waals surface area contributed by atoms with E-state index in [1.807, 2.05) is 0 Å². The molecule has 11 heavy (non-hydrogen) atoms. The first kappa shape index (κ1) is 8.32. The van der Waals surface area contributed by atoms with E-state index in [1.165, 1.54) is 6.42 Å². The summed E-state index contributed by atoms with van der Waals surface area (Å²) in [4.78, 5) is 0. The molecule has 0 aromatic heterocycles. The Bertz CT molecular complexity index is 184. The van der Waals surface area contributed by atoms with Gasteiger partial charge < -0.3 is 0 Å². The minimum Gasteiger partial charge on any atom is -0.102 e. The van der Waals surface area contributed by atoms with Crippen molar-refractivity contribution in [2.75, 3.05) is 0 Å². The van der Waals surface area contributed by atoms with Crippen LogP contribution >= 0.6 is 0 Å². The zero-order valence-corrected chi connectivity index (χ0v) is 7.22. The normalized spacial score (nSPS) is 19.2. The van der Waals surface area contributed by atoms with Crippen molar-refractivity contribution >= 4 is 0 Å². The second-order valence-corrected chi connectivity index (χ2v) is 2.94. The Labute approximate surface area is 69.3 Å². The summed E-state index contributed by atoms with van der Waals surface area (Å²) in [6.07, 6.45) is 12.3. The van der Waals surface area contributed by atoms with Crippen LogP contribution in [0.15, 0.2) is 36.5 Å². The maximum atomic E-state index is 3.84. The zero-order valence-electron chi connectivity index (χ0n) is 7.22. The van der Waals surface area contributed by atoms with E-state index in [9.17, 15) is 0 Å². The van der Waals surface area contributed by atoms with E-state index in [0.29, 0.717) is 5.92 Å². The molecule has 1 aliphatic rings. The summed E-state index contributed by atoms with van der Waals surface area (Å²) in [6.45, 7) is 6.06. The van der Waals surface area contributed by atoms with Gasteiger partial charge in [-0.2, -0.15) is 0 Å². The van der Waals surface area contributed by atoms with Gasteiger partial charge in [0.1, 0.15) is 0 Å². The van der Waals surface area contributed by atoms with Crippen LogP contribution in [0.3, 0.4) is 0 Å². The van der Waals surface area contributed by atoms with Crippen molar-refractivity contribution in [2.24, 2.45) is 5.92 Å². The van der Waals surface area contributed by atoms with E-state index >= 15 is 0 Å². The molecule has 0 nitrogen and oxygen atoms in total. The van der Waals surface area contributed by atoms with Gasteiger partial charge in [-0.15, -0.1) is 6.58 Å². The van der Waals surface area contributed by atoms with Gasteiger partial charge in [-0.05, 0) is 25.2 Å². The van der Waals surface area contributed by atoms with Crippen LogP contribution in [-0.2, 0) is 0 Å². The molecule has 1 rings (SSSR count). The molecule has 0 saturated heterocycles. The van der Waals surface area contributed by atoms with Crippen LogP contribution in [0.4, 0.5) is 0 Å². The summed E-state index contributed by atoms with van der Waals surface area (Å²) >= 11 is 0. The minimum absolute atomic E-state index is 0.611. The molecule has 0 aromatic carbocycles. The minimum atomic E-state index is 0.611. The number of rotatable bonds is 3. The van der Waals surface area contributed by atoms with Crippen molar-refractivity contribution in [3.63, 3.8) is 0 Å². The van der Waals surface area contributed by atoms with E-state index in [2.05, 4.69) is 37.8 Å². The fourth-order valence-corrected chi connectivity index (χ4v) is 1.50. The van der Waals surface area contributed by atoms with Gasteiger partial charge >= 0.3 is 0 Å². The van der Waals surface area contributed by atoms with Gasteiger partial charge in [0.05, 0.1) is 0 Å². The molecular weight excluding hydrogens is 132 g/mol. The highest BCUT2D eigenvalue weighted by Crippen LogP contribution is 2.23. The third-order valence-electron chi connectivity index (χ3n) is 2.24. The fraction of sp³-hybridized carbons (Fsp3) is 0.455. The monoisotopic (exact) mass is 148 g/mol. The molecule has 1 unspecified atom stereocenters. The molecule has 0 saturated carbocycles. The Morgan fingerprint density at radius 2 is 2.45 bits per heavy atom. The summed E-state index contributed by atoms with van der Waals surface area (Å²) < 4.78 is 0. The standard InChI is InChI=1S/C11H16/c1-3-10(4-2)11-8-6-5-7-9-11/h3,5-6,9-10H,1,4,7-8H2,2H3. The molecule has 0 aromatic rings. The van der Waals surface area contributed by atoms with Gasteiger partial charge in [0.2, 0.25) is 0 Å². The second kappa shape index (κ2) is 4.17. The molecule has 1 atom stereocenters. The summed E-state index contributed by atoms with van der Waals surface area (Å²) in [5, 5.41) is 0. The van der Waals surface area contributed by atoms with Crippen molar-refractivity contribution < 1.29 is 0 Å². The van der Waals surface area contributed by atoms with Crippen molar-refractivity contribution in [2.45, 2.75) is 26.2 Å². The molecule has 0 N–H and O–H groups in total. The Kier molecular flexibility index (Phi) is 3.15. The number of hydrogen-bond donors (Lipinski definition) is 0. The lowest BCUT2D eigenvalue weighted by atomic mass is 9.91. The van der Waals surface area contributed by atoms with Crippen molar-refractivity contribution in [3.8, 4) is 0 Å². The topological polar surface area (TPSA) is 0 Å². The van der Waals surface area contributed by atoms with E-state index < -0.39 is 0 Å². The molecule has 0 aliphatic heterocycles. The molecule has 0 amide bonds. The molecule has 0 fully saturated rings. The molecule has 0 spiro atoms. The zero-order chi connectivity index (χ0) is 8.10. The summed E-state index contributed by atoms with van der Waals surface area (Å²) in [5.41, 5.74) is 1.55. The average Bonchev–Trinajstić information content (AvgIpc) is 2.09. The van der Waals surface area contributed by atoms with Crippen molar-refractivity contribution in [1.29, 1.82) is 0 Å². The molecule has 0 heteroatoms. The highest BCUT2D eigenvalue weighted by molar-refractivity contribution is 5.20. The van der Waals surface area contributed by atoms with Crippen LogP contribution in [0.5, 0.6) is 0 Å². The van der Waals surface area contributed by atoms with E-state index in [1.54, 1.807) is 5.57 Å². The first-order valence-electron chi connectivity index (χ1n) is 4.35. The third kappa shape index (κ3) is 2.07. The first-order chi connectivity index (χ1) is 5.38.